The predicted molar refractivity (Wildman–Crippen MR) is 107 cm³/mol. The Labute approximate surface area is 162 Å². The fraction of sp³-hybridized carbons (Fsp3) is 0.0909. The summed E-state index contributed by atoms with van der Waals surface area (Å²) in [6.07, 6.45) is 3.35. The van der Waals surface area contributed by atoms with Gasteiger partial charge in [-0.05, 0) is 61.4 Å². The van der Waals surface area contributed by atoms with E-state index in [0.717, 1.165) is 16.7 Å². The first-order valence-corrected chi connectivity index (χ1v) is 8.84. The topological polar surface area (TPSA) is 80.9 Å². The molecule has 2 aromatic heterocycles. The number of pyridine rings is 1. The number of para-hydroxylation sites is 1. The second-order valence-electron chi connectivity index (χ2n) is 6.46. The second kappa shape index (κ2) is 7.44. The lowest BCUT2D eigenvalue weighted by molar-refractivity contribution is 0.102. The van der Waals surface area contributed by atoms with E-state index in [9.17, 15) is 4.79 Å². The SMILES string of the molecule is Cc1ccc(C(=O)Nc2ccccc2-c2nc(-c3cccnc3)no2)cc1C. The second-order valence-corrected chi connectivity index (χ2v) is 6.46. The maximum atomic E-state index is 12.7. The largest absolute Gasteiger partial charge is 0.334 e. The van der Waals surface area contributed by atoms with Gasteiger partial charge >= 0.3 is 0 Å². The smallest absolute Gasteiger partial charge is 0.260 e. The van der Waals surface area contributed by atoms with Crippen molar-refractivity contribution in [3.8, 4) is 22.8 Å². The molecule has 0 unspecified atom stereocenters. The van der Waals surface area contributed by atoms with Gasteiger partial charge in [0.1, 0.15) is 0 Å². The first-order valence-electron chi connectivity index (χ1n) is 8.84. The van der Waals surface area contributed by atoms with Crippen LogP contribution in [-0.4, -0.2) is 21.0 Å². The zero-order valence-corrected chi connectivity index (χ0v) is 15.5. The summed E-state index contributed by atoms with van der Waals surface area (Å²) >= 11 is 0. The van der Waals surface area contributed by atoms with Crippen LogP contribution in [-0.2, 0) is 0 Å². The minimum atomic E-state index is -0.192. The maximum Gasteiger partial charge on any atom is 0.260 e. The quantitative estimate of drug-likeness (QED) is 0.565. The molecule has 4 rings (SSSR count). The summed E-state index contributed by atoms with van der Waals surface area (Å²) in [6, 6.07) is 16.6. The molecule has 0 saturated carbocycles. The number of benzene rings is 2. The number of aryl methyl sites for hydroxylation is 2. The molecule has 28 heavy (non-hydrogen) atoms. The molecule has 0 aliphatic carbocycles. The molecule has 0 radical (unpaired) electrons. The van der Waals surface area contributed by atoms with Crippen molar-refractivity contribution in [2.45, 2.75) is 13.8 Å². The molecular formula is C22H18N4O2. The van der Waals surface area contributed by atoms with E-state index in [1.54, 1.807) is 12.4 Å². The Morgan fingerprint density at radius 1 is 1.00 bits per heavy atom. The summed E-state index contributed by atoms with van der Waals surface area (Å²) in [5.41, 5.74) is 4.83. The van der Waals surface area contributed by atoms with Gasteiger partial charge in [-0.25, -0.2) is 0 Å². The normalized spacial score (nSPS) is 10.6. The van der Waals surface area contributed by atoms with Crippen LogP contribution in [0, 0.1) is 13.8 Å². The number of aromatic nitrogens is 3. The number of hydrogen-bond donors (Lipinski definition) is 1. The highest BCUT2D eigenvalue weighted by Crippen LogP contribution is 2.28. The van der Waals surface area contributed by atoms with Crippen LogP contribution in [0.3, 0.4) is 0 Å². The van der Waals surface area contributed by atoms with Crippen molar-refractivity contribution in [3.63, 3.8) is 0 Å². The minimum absolute atomic E-state index is 0.192. The van der Waals surface area contributed by atoms with Gasteiger partial charge < -0.3 is 9.84 Å². The molecule has 6 heteroatoms. The van der Waals surface area contributed by atoms with Crippen LogP contribution in [0.2, 0.25) is 0 Å². The summed E-state index contributed by atoms with van der Waals surface area (Å²) in [4.78, 5) is 21.2. The monoisotopic (exact) mass is 370 g/mol. The number of carbonyl (C=O) groups is 1. The molecule has 4 aromatic rings. The molecule has 138 valence electrons. The molecule has 2 aromatic carbocycles. The Bertz CT molecular complexity index is 1140. The highest BCUT2D eigenvalue weighted by molar-refractivity contribution is 6.06. The summed E-state index contributed by atoms with van der Waals surface area (Å²) < 4.78 is 5.43. The highest BCUT2D eigenvalue weighted by atomic mass is 16.5. The van der Waals surface area contributed by atoms with Gasteiger partial charge in [0.2, 0.25) is 5.82 Å². The van der Waals surface area contributed by atoms with Crippen molar-refractivity contribution < 1.29 is 9.32 Å². The molecule has 2 heterocycles. The molecule has 0 bridgehead atoms. The zero-order valence-electron chi connectivity index (χ0n) is 15.5. The molecule has 1 N–H and O–H groups in total. The minimum Gasteiger partial charge on any atom is -0.334 e. The lowest BCUT2D eigenvalue weighted by Crippen LogP contribution is -2.13. The fourth-order valence-corrected chi connectivity index (χ4v) is 2.80. The average molecular weight is 370 g/mol. The summed E-state index contributed by atoms with van der Waals surface area (Å²) in [5.74, 6) is 0.579. The van der Waals surface area contributed by atoms with Crippen molar-refractivity contribution in [1.29, 1.82) is 0 Å². The van der Waals surface area contributed by atoms with Crippen LogP contribution in [0.15, 0.2) is 71.5 Å². The van der Waals surface area contributed by atoms with Gasteiger partial charge in [-0.1, -0.05) is 23.4 Å². The average Bonchev–Trinajstić information content (AvgIpc) is 3.21. The van der Waals surface area contributed by atoms with E-state index < -0.39 is 0 Å². The zero-order chi connectivity index (χ0) is 19.5. The Hall–Kier alpha value is -3.80. The van der Waals surface area contributed by atoms with E-state index in [1.165, 1.54) is 0 Å². The van der Waals surface area contributed by atoms with Crippen LogP contribution in [0.1, 0.15) is 21.5 Å². The number of carbonyl (C=O) groups excluding carboxylic acids is 1. The molecule has 0 aliphatic rings. The van der Waals surface area contributed by atoms with Gasteiger partial charge in [0.15, 0.2) is 0 Å². The Kier molecular flexibility index (Phi) is 4.68. The van der Waals surface area contributed by atoms with E-state index >= 15 is 0 Å². The number of rotatable bonds is 4. The Morgan fingerprint density at radius 3 is 2.64 bits per heavy atom. The van der Waals surface area contributed by atoms with Crippen LogP contribution in [0.5, 0.6) is 0 Å². The number of anilines is 1. The van der Waals surface area contributed by atoms with Crippen molar-refractivity contribution >= 4 is 11.6 Å². The summed E-state index contributed by atoms with van der Waals surface area (Å²) in [6.45, 7) is 4.00. The Balaban J connectivity index is 1.63. The predicted octanol–water partition coefficient (Wildman–Crippen LogP) is 4.67. The molecule has 0 saturated heterocycles. The van der Waals surface area contributed by atoms with Crippen LogP contribution in [0.4, 0.5) is 5.69 Å². The van der Waals surface area contributed by atoms with Crippen molar-refractivity contribution in [2.75, 3.05) is 5.32 Å². The van der Waals surface area contributed by atoms with Gasteiger partial charge in [0, 0.05) is 23.5 Å². The van der Waals surface area contributed by atoms with Crippen molar-refractivity contribution in [1.82, 2.24) is 15.1 Å². The van der Waals surface area contributed by atoms with E-state index in [4.69, 9.17) is 4.52 Å². The molecule has 0 aliphatic heterocycles. The van der Waals surface area contributed by atoms with Gasteiger partial charge in [0.25, 0.3) is 11.8 Å². The third-order valence-electron chi connectivity index (χ3n) is 4.52. The highest BCUT2D eigenvalue weighted by Gasteiger charge is 2.16. The van der Waals surface area contributed by atoms with Crippen molar-refractivity contribution in [3.05, 3.63) is 83.7 Å². The summed E-state index contributed by atoms with van der Waals surface area (Å²) in [5, 5.41) is 6.97. The van der Waals surface area contributed by atoms with Gasteiger partial charge in [-0.3, -0.25) is 9.78 Å². The van der Waals surface area contributed by atoms with E-state index in [1.807, 2.05) is 68.4 Å². The molecular weight excluding hydrogens is 352 g/mol. The van der Waals surface area contributed by atoms with Gasteiger partial charge in [0.05, 0.1) is 11.3 Å². The third-order valence-corrected chi connectivity index (χ3v) is 4.52. The molecule has 0 spiro atoms. The third kappa shape index (κ3) is 3.53. The Morgan fingerprint density at radius 2 is 1.86 bits per heavy atom. The van der Waals surface area contributed by atoms with E-state index in [-0.39, 0.29) is 5.91 Å². The van der Waals surface area contributed by atoms with Crippen LogP contribution in [0.25, 0.3) is 22.8 Å². The lowest BCUT2D eigenvalue weighted by atomic mass is 10.1. The maximum absolute atomic E-state index is 12.7. The fourth-order valence-electron chi connectivity index (χ4n) is 2.80. The number of nitrogens with one attached hydrogen (secondary N) is 1. The standard InChI is InChI=1S/C22H18N4O2/c1-14-9-10-16(12-15(14)2)21(27)24-19-8-4-3-7-18(19)22-25-20(26-28-22)17-6-5-11-23-13-17/h3-13H,1-2H3,(H,24,27). The molecule has 1 amide bonds. The first kappa shape index (κ1) is 17.6. The number of nitrogens with zero attached hydrogens (tertiary/aromatic N) is 3. The molecule has 0 atom stereocenters. The summed E-state index contributed by atoms with van der Waals surface area (Å²) in [7, 11) is 0. The molecule has 0 fully saturated rings. The van der Waals surface area contributed by atoms with Gasteiger partial charge in [-0.2, -0.15) is 4.98 Å². The van der Waals surface area contributed by atoms with Crippen molar-refractivity contribution in [2.24, 2.45) is 0 Å². The van der Waals surface area contributed by atoms with E-state index in [0.29, 0.717) is 28.5 Å². The molecule has 6 nitrogen and oxygen atoms in total. The lowest BCUT2D eigenvalue weighted by Gasteiger charge is -2.09. The van der Waals surface area contributed by atoms with Crippen LogP contribution >= 0.6 is 0 Å². The first-order chi connectivity index (χ1) is 13.6. The van der Waals surface area contributed by atoms with E-state index in [2.05, 4.69) is 20.4 Å². The van der Waals surface area contributed by atoms with Crippen LogP contribution < -0.4 is 5.32 Å². The number of amides is 1. The number of hydrogen-bond acceptors (Lipinski definition) is 5. The van der Waals surface area contributed by atoms with Gasteiger partial charge in [-0.15, -0.1) is 0 Å².